The summed E-state index contributed by atoms with van der Waals surface area (Å²) in [5.41, 5.74) is 9.32. The van der Waals surface area contributed by atoms with Crippen molar-refractivity contribution in [2.75, 3.05) is 21.3 Å². The van der Waals surface area contributed by atoms with Crippen molar-refractivity contribution >= 4 is 0 Å². The van der Waals surface area contributed by atoms with E-state index in [0.29, 0.717) is 28.6 Å². The topological polar surface area (TPSA) is 115 Å². The number of aromatic nitrogens is 2. The second kappa shape index (κ2) is 7.72. The number of hydrogen-bond donors (Lipinski definition) is 2. The number of hydrogen-bond acceptors (Lipinski definition) is 7. The van der Waals surface area contributed by atoms with Gasteiger partial charge in [-0.1, -0.05) is 0 Å². The predicted octanol–water partition coefficient (Wildman–Crippen LogP) is 3.32. The zero-order valence-corrected chi connectivity index (χ0v) is 16.7. The van der Waals surface area contributed by atoms with E-state index < -0.39 is 5.92 Å². The molecule has 0 saturated carbocycles. The molecule has 0 spiro atoms. The predicted molar refractivity (Wildman–Crippen MR) is 109 cm³/mol. The molecule has 1 atom stereocenters. The SMILES string of the molecule is COc1ccc(-c2[nH]nc3c2C(c2cc(OC)ccc2OC)C(C#N)=C(N)O3)cc1. The van der Waals surface area contributed by atoms with Gasteiger partial charge in [0.05, 0.1) is 38.5 Å². The number of fused-ring (bicyclic) bond motifs is 1. The molecule has 0 amide bonds. The smallest absolute Gasteiger partial charge is 0.244 e. The Bertz CT molecular complexity index is 1160. The molecule has 2 aromatic carbocycles. The van der Waals surface area contributed by atoms with Crippen molar-refractivity contribution < 1.29 is 18.9 Å². The summed E-state index contributed by atoms with van der Waals surface area (Å²) in [6.07, 6.45) is 0. The fraction of sp³-hybridized carbons (Fsp3) is 0.182. The highest BCUT2D eigenvalue weighted by Crippen LogP contribution is 2.48. The summed E-state index contributed by atoms with van der Waals surface area (Å²) in [7, 11) is 4.76. The Kier molecular flexibility index (Phi) is 4.94. The van der Waals surface area contributed by atoms with E-state index in [2.05, 4.69) is 16.3 Å². The number of allylic oxidation sites excluding steroid dienone is 1. The number of aromatic amines is 1. The minimum atomic E-state index is -0.556. The quantitative estimate of drug-likeness (QED) is 0.670. The van der Waals surface area contributed by atoms with Crippen LogP contribution in [0.3, 0.4) is 0 Å². The Labute approximate surface area is 173 Å². The molecule has 1 unspecified atom stereocenters. The Hall–Kier alpha value is -4.12. The second-order valence-corrected chi connectivity index (χ2v) is 6.58. The summed E-state index contributed by atoms with van der Waals surface area (Å²) in [5, 5.41) is 17.2. The maximum atomic E-state index is 9.89. The van der Waals surface area contributed by atoms with Gasteiger partial charge < -0.3 is 24.7 Å². The first-order chi connectivity index (χ1) is 14.6. The van der Waals surface area contributed by atoms with Gasteiger partial charge in [0.1, 0.15) is 28.9 Å². The van der Waals surface area contributed by atoms with Crippen LogP contribution < -0.4 is 24.7 Å². The highest BCUT2D eigenvalue weighted by molar-refractivity contribution is 5.72. The summed E-state index contributed by atoms with van der Waals surface area (Å²) in [6.45, 7) is 0. The lowest BCUT2D eigenvalue weighted by Crippen LogP contribution is -2.21. The van der Waals surface area contributed by atoms with E-state index >= 15 is 0 Å². The van der Waals surface area contributed by atoms with E-state index in [1.54, 1.807) is 33.5 Å². The molecule has 152 valence electrons. The van der Waals surface area contributed by atoms with Gasteiger partial charge in [0, 0.05) is 11.1 Å². The van der Waals surface area contributed by atoms with Gasteiger partial charge in [-0.3, -0.25) is 5.10 Å². The molecule has 2 heterocycles. The molecule has 0 bridgehead atoms. The van der Waals surface area contributed by atoms with Crippen molar-refractivity contribution in [2.24, 2.45) is 5.73 Å². The molecule has 1 aliphatic heterocycles. The minimum Gasteiger partial charge on any atom is -0.497 e. The van der Waals surface area contributed by atoms with E-state index in [-0.39, 0.29) is 11.5 Å². The van der Waals surface area contributed by atoms with Crippen LogP contribution in [0.5, 0.6) is 23.1 Å². The van der Waals surface area contributed by atoms with E-state index in [1.807, 2.05) is 30.3 Å². The second-order valence-electron chi connectivity index (χ2n) is 6.58. The van der Waals surface area contributed by atoms with Crippen molar-refractivity contribution in [1.29, 1.82) is 5.26 Å². The molecule has 3 aromatic rings. The van der Waals surface area contributed by atoms with E-state index in [1.165, 1.54) is 0 Å². The van der Waals surface area contributed by atoms with Crippen molar-refractivity contribution in [3.05, 3.63) is 65.0 Å². The fourth-order valence-corrected chi connectivity index (χ4v) is 3.60. The number of nitrogens with one attached hydrogen (secondary N) is 1. The molecular formula is C22H20N4O4. The highest BCUT2D eigenvalue weighted by atomic mass is 16.5. The van der Waals surface area contributed by atoms with E-state index in [9.17, 15) is 5.26 Å². The van der Waals surface area contributed by atoms with Gasteiger partial charge in [0.15, 0.2) is 0 Å². The highest BCUT2D eigenvalue weighted by Gasteiger charge is 2.37. The average Bonchev–Trinajstić information content (AvgIpc) is 3.20. The first kappa shape index (κ1) is 19.2. The molecule has 1 aromatic heterocycles. The van der Waals surface area contributed by atoms with Crippen LogP contribution in [-0.4, -0.2) is 31.5 Å². The van der Waals surface area contributed by atoms with Crippen LogP contribution in [-0.2, 0) is 0 Å². The largest absolute Gasteiger partial charge is 0.497 e. The minimum absolute atomic E-state index is 0.00709. The number of rotatable bonds is 5. The van der Waals surface area contributed by atoms with Gasteiger partial charge in [-0.2, -0.15) is 5.26 Å². The third kappa shape index (κ3) is 3.06. The molecule has 0 fully saturated rings. The van der Waals surface area contributed by atoms with E-state index in [4.69, 9.17) is 24.7 Å². The summed E-state index contributed by atoms with van der Waals surface area (Å²) in [4.78, 5) is 0. The fourth-order valence-electron chi connectivity index (χ4n) is 3.60. The Morgan fingerprint density at radius 1 is 1.03 bits per heavy atom. The number of nitriles is 1. The number of nitrogens with two attached hydrogens (primary N) is 1. The van der Waals surface area contributed by atoms with Crippen LogP contribution in [0.1, 0.15) is 17.0 Å². The first-order valence-electron chi connectivity index (χ1n) is 9.13. The maximum Gasteiger partial charge on any atom is 0.244 e. The van der Waals surface area contributed by atoms with Crippen LogP contribution in [0, 0.1) is 11.3 Å². The Balaban J connectivity index is 1.96. The zero-order chi connectivity index (χ0) is 21.3. The lowest BCUT2D eigenvalue weighted by Gasteiger charge is -2.25. The van der Waals surface area contributed by atoms with Crippen LogP contribution >= 0.6 is 0 Å². The molecule has 8 heteroatoms. The van der Waals surface area contributed by atoms with Gasteiger partial charge >= 0.3 is 0 Å². The van der Waals surface area contributed by atoms with Gasteiger partial charge in [0.25, 0.3) is 0 Å². The van der Waals surface area contributed by atoms with E-state index in [0.717, 1.165) is 16.9 Å². The third-order valence-electron chi connectivity index (χ3n) is 5.07. The van der Waals surface area contributed by atoms with Crippen LogP contribution in [0.2, 0.25) is 0 Å². The number of nitrogens with zero attached hydrogens (tertiary/aromatic N) is 2. The number of methoxy groups -OCH3 is 3. The van der Waals surface area contributed by atoms with Gasteiger partial charge in [-0.05, 0) is 42.5 Å². The first-order valence-corrected chi connectivity index (χ1v) is 9.13. The van der Waals surface area contributed by atoms with Crippen molar-refractivity contribution in [3.63, 3.8) is 0 Å². The summed E-state index contributed by atoms with van der Waals surface area (Å²) < 4.78 is 21.9. The number of benzene rings is 2. The summed E-state index contributed by atoms with van der Waals surface area (Å²) >= 11 is 0. The molecule has 3 N–H and O–H groups in total. The van der Waals surface area contributed by atoms with Crippen molar-refractivity contribution in [1.82, 2.24) is 10.2 Å². The van der Waals surface area contributed by atoms with Gasteiger partial charge in [-0.15, -0.1) is 5.10 Å². The molecule has 8 nitrogen and oxygen atoms in total. The number of ether oxygens (including phenoxy) is 4. The third-order valence-corrected chi connectivity index (χ3v) is 5.07. The summed E-state index contributed by atoms with van der Waals surface area (Å²) in [6, 6.07) is 15.1. The molecule has 0 radical (unpaired) electrons. The Morgan fingerprint density at radius 3 is 2.37 bits per heavy atom. The molecular weight excluding hydrogens is 384 g/mol. The molecule has 1 aliphatic rings. The lowest BCUT2D eigenvalue weighted by atomic mass is 9.82. The van der Waals surface area contributed by atoms with Crippen LogP contribution in [0.15, 0.2) is 53.9 Å². The average molecular weight is 404 g/mol. The zero-order valence-electron chi connectivity index (χ0n) is 16.7. The van der Waals surface area contributed by atoms with Crippen molar-refractivity contribution in [2.45, 2.75) is 5.92 Å². The van der Waals surface area contributed by atoms with Gasteiger partial charge in [-0.25, -0.2) is 0 Å². The van der Waals surface area contributed by atoms with Gasteiger partial charge in [0.2, 0.25) is 11.8 Å². The molecule has 4 rings (SSSR count). The van der Waals surface area contributed by atoms with Crippen LogP contribution in [0.25, 0.3) is 11.3 Å². The maximum absolute atomic E-state index is 9.89. The van der Waals surface area contributed by atoms with Crippen molar-refractivity contribution in [3.8, 4) is 40.5 Å². The summed E-state index contributed by atoms with van der Waals surface area (Å²) in [5.74, 6) is 1.72. The molecule has 30 heavy (non-hydrogen) atoms. The molecule has 0 saturated heterocycles. The monoisotopic (exact) mass is 404 g/mol. The standard InChI is InChI=1S/C22H20N4O4/c1-27-13-6-4-12(5-7-13)20-19-18(15-10-14(28-2)8-9-17(15)29-3)16(11-23)21(24)30-22(19)26-25-20/h4-10,18H,24H2,1-3H3,(H,25,26). The normalized spacial score (nSPS) is 15.1. The Morgan fingerprint density at radius 2 is 1.73 bits per heavy atom. The lowest BCUT2D eigenvalue weighted by molar-refractivity contribution is 0.373. The van der Waals surface area contributed by atoms with Crippen LogP contribution in [0.4, 0.5) is 0 Å². The molecule has 0 aliphatic carbocycles. The number of H-pyrrole nitrogens is 1.